The fraction of sp³-hybridized carbons (Fsp3) is 0.286. The van der Waals surface area contributed by atoms with Crippen molar-refractivity contribution in [3.8, 4) is 0 Å². The molecule has 4 nitrogen and oxygen atoms in total. The minimum absolute atomic E-state index is 0.124. The van der Waals surface area contributed by atoms with Crippen LogP contribution in [-0.2, 0) is 0 Å². The van der Waals surface area contributed by atoms with E-state index in [0.29, 0.717) is 5.65 Å². The number of hydrogen-bond donors (Lipinski definition) is 0. The molecule has 2 rings (SSSR count). The Morgan fingerprint density at radius 1 is 1.50 bits per heavy atom. The standard InChI is InChI=1S/C7H7ClN4/c1-5(8)12-4-11-7-6(12)2-9-3-10-7/h2-5H,1H3. The maximum absolute atomic E-state index is 5.89. The zero-order valence-corrected chi connectivity index (χ0v) is 7.23. The molecule has 2 aromatic rings. The maximum Gasteiger partial charge on any atom is 0.180 e. The Bertz CT molecular complexity index is 395. The molecule has 0 spiro atoms. The van der Waals surface area contributed by atoms with Gasteiger partial charge < -0.3 is 4.57 Å². The van der Waals surface area contributed by atoms with Gasteiger partial charge in [-0.2, -0.15) is 0 Å². The van der Waals surface area contributed by atoms with Crippen LogP contribution < -0.4 is 0 Å². The molecule has 0 radical (unpaired) electrons. The van der Waals surface area contributed by atoms with Gasteiger partial charge in [0.15, 0.2) is 5.65 Å². The highest BCUT2D eigenvalue weighted by Gasteiger charge is 2.06. The van der Waals surface area contributed by atoms with E-state index in [9.17, 15) is 0 Å². The van der Waals surface area contributed by atoms with Crippen LogP contribution in [0.25, 0.3) is 11.2 Å². The van der Waals surface area contributed by atoms with E-state index in [0.717, 1.165) is 5.52 Å². The predicted octanol–water partition coefficient (Wildman–Crippen LogP) is 1.58. The zero-order chi connectivity index (χ0) is 8.55. The molecule has 12 heavy (non-hydrogen) atoms. The molecule has 1 atom stereocenters. The fourth-order valence-electron chi connectivity index (χ4n) is 1.06. The van der Waals surface area contributed by atoms with E-state index in [4.69, 9.17) is 11.6 Å². The highest BCUT2D eigenvalue weighted by atomic mass is 35.5. The van der Waals surface area contributed by atoms with Crippen molar-refractivity contribution in [1.82, 2.24) is 19.5 Å². The van der Waals surface area contributed by atoms with Gasteiger partial charge in [-0.15, -0.1) is 0 Å². The molecule has 2 aromatic heterocycles. The zero-order valence-electron chi connectivity index (χ0n) is 6.48. The van der Waals surface area contributed by atoms with Crippen LogP contribution in [0.5, 0.6) is 0 Å². The van der Waals surface area contributed by atoms with Gasteiger partial charge in [-0.1, -0.05) is 11.6 Å². The smallest absolute Gasteiger partial charge is 0.180 e. The first kappa shape index (κ1) is 7.49. The lowest BCUT2D eigenvalue weighted by Crippen LogP contribution is -1.95. The normalized spacial score (nSPS) is 13.5. The topological polar surface area (TPSA) is 43.6 Å². The van der Waals surface area contributed by atoms with E-state index >= 15 is 0 Å². The summed E-state index contributed by atoms with van der Waals surface area (Å²) in [7, 11) is 0. The third kappa shape index (κ3) is 1.04. The predicted molar refractivity (Wildman–Crippen MR) is 45.9 cm³/mol. The van der Waals surface area contributed by atoms with E-state index in [1.165, 1.54) is 6.33 Å². The van der Waals surface area contributed by atoms with Gasteiger partial charge in [0.25, 0.3) is 0 Å². The van der Waals surface area contributed by atoms with E-state index in [1.54, 1.807) is 12.5 Å². The van der Waals surface area contributed by atoms with Crippen molar-refractivity contribution < 1.29 is 0 Å². The Labute approximate surface area is 74.2 Å². The van der Waals surface area contributed by atoms with Gasteiger partial charge in [0.05, 0.1) is 12.5 Å². The molecule has 0 saturated carbocycles. The number of nitrogens with zero attached hydrogens (tertiary/aromatic N) is 4. The number of alkyl halides is 1. The Morgan fingerprint density at radius 3 is 3.08 bits per heavy atom. The van der Waals surface area contributed by atoms with Crippen LogP contribution in [0.2, 0.25) is 0 Å². The average molecular weight is 183 g/mol. The highest BCUT2D eigenvalue weighted by Crippen LogP contribution is 2.16. The molecule has 2 heterocycles. The summed E-state index contributed by atoms with van der Waals surface area (Å²) < 4.78 is 1.82. The second-order valence-corrected chi connectivity index (χ2v) is 3.09. The number of imidazole rings is 1. The van der Waals surface area contributed by atoms with Gasteiger partial charge in [-0.05, 0) is 6.92 Å². The van der Waals surface area contributed by atoms with Crippen LogP contribution in [0.1, 0.15) is 12.4 Å². The molecular weight excluding hydrogens is 176 g/mol. The minimum Gasteiger partial charge on any atom is -0.311 e. The van der Waals surface area contributed by atoms with Crippen LogP contribution in [0.4, 0.5) is 0 Å². The van der Waals surface area contributed by atoms with E-state index in [-0.39, 0.29) is 5.50 Å². The molecule has 0 aliphatic carbocycles. The summed E-state index contributed by atoms with van der Waals surface area (Å²) in [4.78, 5) is 11.9. The average Bonchev–Trinajstić information content (AvgIpc) is 2.47. The fourth-order valence-corrected chi connectivity index (χ4v) is 1.22. The maximum atomic E-state index is 5.89. The van der Waals surface area contributed by atoms with E-state index in [1.807, 2.05) is 11.5 Å². The van der Waals surface area contributed by atoms with Crippen molar-refractivity contribution in [2.75, 3.05) is 0 Å². The number of fused-ring (bicyclic) bond motifs is 1. The molecule has 0 aliphatic rings. The molecule has 0 saturated heterocycles. The molecule has 0 fully saturated rings. The van der Waals surface area contributed by atoms with Gasteiger partial charge in [-0.25, -0.2) is 15.0 Å². The number of hydrogen-bond acceptors (Lipinski definition) is 3. The summed E-state index contributed by atoms with van der Waals surface area (Å²) in [5.41, 5.74) is 1.42. The second-order valence-electron chi connectivity index (χ2n) is 2.46. The molecular formula is C7H7ClN4. The quantitative estimate of drug-likeness (QED) is 0.629. The summed E-state index contributed by atoms with van der Waals surface area (Å²) in [6, 6.07) is 0. The van der Waals surface area contributed by atoms with Gasteiger partial charge >= 0.3 is 0 Å². The number of rotatable bonds is 1. The van der Waals surface area contributed by atoms with Gasteiger partial charge in [-0.3, -0.25) is 0 Å². The highest BCUT2D eigenvalue weighted by molar-refractivity contribution is 6.19. The van der Waals surface area contributed by atoms with Gasteiger partial charge in [0, 0.05) is 0 Å². The SMILES string of the molecule is CC(Cl)n1cnc2ncncc21. The monoisotopic (exact) mass is 182 g/mol. The minimum atomic E-state index is -0.124. The Morgan fingerprint density at radius 2 is 2.33 bits per heavy atom. The largest absolute Gasteiger partial charge is 0.311 e. The molecule has 0 N–H and O–H groups in total. The Hall–Kier alpha value is -1.16. The Balaban J connectivity index is 2.70. The van der Waals surface area contributed by atoms with E-state index < -0.39 is 0 Å². The summed E-state index contributed by atoms with van der Waals surface area (Å²) in [6.45, 7) is 1.87. The summed E-state index contributed by atoms with van der Waals surface area (Å²) in [5.74, 6) is 0. The first-order valence-electron chi connectivity index (χ1n) is 3.55. The van der Waals surface area contributed by atoms with Gasteiger partial charge in [0.1, 0.15) is 17.3 Å². The number of aromatic nitrogens is 4. The molecule has 0 amide bonds. The summed E-state index contributed by atoms with van der Waals surface area (Å²) in [6.07, 6.45) is 4.84. The van der Waals surface area contributed by atoms with Crippen molar-refractivity contribution in [2.45, 2.75) is 12.4 Å². The lowest BCUT2D eigenvalue weighted by atomic mass is 10.5. The van der Waals surface area contributed by atoms with Crippen molar-refractivity contribution >= 4 is 22.8 Å². The molecule has 0 aromatic carbocycles. The second kappa shape index (κ2) is 2.71. The molecule has 0 aliphatic heterocycles. The summed E-state index contributed by atoms with van der Waals surface area (Å²) >= 11 is 5.89. The lowest BCUT2D eigenvalue weighted by Gasteiger charge is -2.03. The van der Waals surface area contributed by atoms with Crippen molar-refractivity contribution in [3.05, 3.63) is 18.9 Å². The van der Waals surface area contributed by atoms with Crippen molar-refractivity contribution in [2.24, 2.45) is 0 Å². The van der Waals surface area contributed by atoms with Crippen molar-refractivity contribution in [3.63, 3.8) is 0 Å². The first-order valence-corrected chi connectivity index (χ1v) is 3.99. The first-order chi connectivity index (χ1) is 5.79. The lowest BCUT2D eigenvalue weighted by molar-refractivity contribution is 0.750. The molecule has 1 unspecified atom stereocenters. The third-order valence-electron chi connectivity index (χ3n) is 1.64. The van der Waals surface area contributed by atoms with E-state index in [2.05, 4.69) is 15.0 Å². The van der Waals surface area contributed by atoms with Crippen LogP contribution >= 0.6 is 11.6 Å². The van der Waals surface area contributed by atoms with Crippen LogP contribution in [0, 0.1) is 0 Å². The molecule has 62 valence electrons. The van der Waals surface area contributed by atoms with Crippen molar-refractivity contribution in [1.29, 1.82) is 0 Å². The molecule has 5 heteroatoms. The number of halogens is 1. The van der Waals surface area contributed by atoms with Crippen LogP contribution in [0.15, 0.2) is 18.9 Å². The third-order valence-corrected chi connectivity index (χ3v) is 1.85. The molecule has 0 bridgehead atoms. The Kier molecular flexibility index (Phi) is 1.69. The van der Waals surface area contributed by atoms with Gasteiger partial charge in [0.2, 0.25) is 0 Å². The van der Waals surface area contributed by atoms with Crippen LogP contribution in [-0.4, -0.2) is 19.5 Å². The summed E-state index contributed by atoms with van der Waals surface area (Å²) in [5, 5.41) is 0. The van der Waals surface area contributed by atoms with Crippen LogP contribution in [0.3, 0.4) is 0 Å².